The predicted octanol–water partition coefficient (Wildman–Crippen LogP) is 1.78. The molecule has 10 heteroatoms. The largest absolute Gasteiger partial charge is 0.339 e. The molecule has 2 aromatic rings. The van der Waals surface area contributed by atoms with Crippen LogP contribution in [0.4, 0.5) is 0 Å². The number of carbonyl (C=O) groups excluding carboxylic acids is 4. The highest BCUT2D eigenvalue weighted by Crippen LogP contribution is 2.18. The Morgan fingerprint density at radius 2 is 1.65 bits per heavy atom. The minimum absolute atomic E-state index is 0.0186. The molecule has 10 nitrogen and oxygen atoms in total. The van der Waals surface area contributed by atoms with Gasteiger partial charge in [0, 0.05) is 78.3 Å². The number of nitrogens with zero attached hydrogens (tertiary/aromatic N) is 6. The van der Waals surface area contributed by atoms with Gasteiger partial charge in [-0.2, -0.15) is 5.10 Å². The maximum absolute atomic E-state index is 13.3. The highest BCUT2D eigenvalue weighted by atomic mass is 16.2. The van der Waals surface area contributed by atoms with E-state index in [1.807, 2.05) is 43.0 Å². The molecule has 4 amide bonds. The first-order valence-corrected chi connectivity index (χ1v) is 13.0. The number of fused-ring (bicyclic) bond motifs is 1. The molecule has 1 saturated heterocycles. The Balaban J connectivity index is 1.38. The van der Waals surface area contributed by atoms with Crippen molar-refractivity contribution in [2.45, 2.75) is 46.7 Å². The van der Waals surface area contributed by atoms with Gasteiger partial charge in [-0.25, -0.2) is 0 Å². The number of rotatable bonds is 7. The van der Waals surface area contributed by atoms with E-state index in [0.29, 0.717) is 58.1 Å². The van der Waals surface area contributed by atoms with Crippen molar-refractivity contribution in [3.8, 4) is 0 Å². The molecule has 4 rings (SSSR count). The molecule has 37 heavy (non-hydrogen) atoms. The van der Waals surface area contributed by atoms with Crippen molar-refractivity contribution in [2.24, 2.45) is 0 Å². The zero-order chi connectivity index (χ0) is 26.5. The Morgan fingerprint density at radius 1 is 0.973 bits per heavy atom. The van der Waals surface area contributed by atoms with E-state index in [2.05, 4.69) is 5.10 Å². The van der Waals surface area contributed by atoms with Gasteiger partial charge in [-0.1, -0.05) is 29.8 Å². The summed E-state index contributed by atoms with van der Waals surface area (Å²) in [5, 5.41) is 4.47. The number of carbonyl (C=O) groups is 4. The summed E-state index contributed by atoms with van der Waals surface area (Å²) in [6, 6.07) is 9.72. The molecule has 0 unspecified atom stereocenters. The summed E-state index contributed by atoms with van der Waals surface area (Å²) < 4.78 is 1.64. The minimum atomic E-state index is -0.282. The van der Waals surface area contributed by atoms with Gasteiger partial charge in [0.25, 0.3) is 11.8 Å². The van der Waals surface area contributed by atoms with Crippen LogP contribution in [-0.4, -0.2) is 98.8 Å². The Labute approximate surface area is 217 Å². The number of aromatic nitrogens is 2. The summed E-state index contributed by atoms with van der Waals surface area (Å²) in [6.45, 7) is 9.92. The van der Waals surface area contributed by atoms with Crippen LogP contribution in [0.15, 0.2) is 30.3 Å². The zero-order valence-corrected chi connectivity index (χ0v) is 22.0. The van der Waals surface area contributed by atoms with E-state index < -0.39 is 0 Å². The molecular formula is C27H36N6O4. The lowest BCUT2D eigenvalue weighted by molar-refractivity contribution is -0.138. The zero-order valence-electron chi connectivity index (χ0n) is 22.0. The van der Waals surface area contributed by atoms with Crippen LogP contribution in [0.1, 0.15) is 58.8 Å². The van der Waals surface area contributed by atoms with Crippen LogP contribution in [-0.2, 0) is 22.7 Å². The van der Waals surface area contributed by atoms with Gasteiger partial charge >= 0.3 is 0 Å². The molecule has 2 aliphatic heterocycles. The van der Waals surface area contributed by atoms with Gasteiger partial charge in [-0.15, -0.1) is 0 Å². The van der Waals surface area contributed by atoms with E-state index in [4.69, 9.17) is 0 Å². The molecule has 0 saturated carbocycles. The third-order valence-electron chi connectivity index (χ3n) is 7.14. The van der Waals surface area contributed by atoms with Crippen molar-refractivity contribution in [3.63, 3.8) is 0 Å². The summed E-state index contributed by atoms with van der Waals surface area (Å²) in [6.07, 6.45) is 0.958. The molecule has 198 valence electrons. The first-order valence-electron chi connectivity index (χ1n) is 13.0. The average Bonchev–Trinajstić information content (AvgIpc) is 3.27. The van der Waals surface area contributed by atoms with Crippen molar-refractivity contribution < 1.29 is 19.2 Å². The van der Waals surface area contributed by atoms with E-state index >= 15 is 0 Å². The molecule has 0 radical (unpaired) electrons. The topological polar surface area (TPSA) is 99.1 Å². The van der Waals surface area contributed by atoms with Gasteiger partial charge in [0.1, 0.15) is 5.69 Å². The molecule has 1 aromatic carbocycles. The lowest BCUT2D eigenvalue weighted by atomic mass is 10.1. The number of piperazine rings is 1. The maximum atomic E-state index is 13.3. The van der Waals surface area contributed by atoms with Crippen LogP contribution in [0.3, 0.4) is 0 Å². The third kappa shape index (κ3) is 6.18. The average molecular weight is 509 g/mol. The Hall–Kier alpha value is -3.69. The summed E-state index contributed by atoms with van der Waals surface area (Å²) in [5.41, 5.74) is 2.88. The lowest BCUT2D eigenvalue weighted by Gasteiger charge is -2.34. The van der Waals surface area contributed by atoms with Crippen LogP contribution in [0.25, 0.3) is 0 Å². The summed E-state index contributed by atoms with van der Waals surface area (Å²) in [5.74, 6) is -0.426. The summed E-state index contributed by atoms with van der Waals surface area (Å²) in [4.78, 5) is 57.7. The maximum Gasteiger partial charge on any atom is 0.274 e. The van der Waals surface area contributed by atoms with Gasteiger partial charge in [0.2, 0.25) is 11.8 Å². The number of hydrogen-bond donors (Lipinski definition) is 0. The van der Waals surface area contributed by atoms with Crippen molar-refractivity contribution in [1.29, 1.82) is 0 Å². The summed E-state index contributed by atoms with van der Waals surface area (Å²) >= 11 is 0. The van der Waals surface area contributed by atoms with Gasteiger partial charge in [0.05, 0.1) is 0 Å². The normalized spacial score (nSPS) is 15.9. The Kier molecular flexibility index (Phi) is 8.25. The van der Waals surface area contributed by atoms with Crippen LogP contribution < -0.4 is 0 Å². The molecule has 1 fully saturated rings. The molecule has 0 spiro atoms. The Bertz CT molecular complexity index is 1150. The molecule has 0 bridgehead atoms. The molecule has 2 aliphatic rings. The fourth-order valence-electron chi connectivity index (χ4n) is 4.83. The number of benzene rings is 1. The quantitative estimate of drug-likeness (QED) is 0.568. The molecule has 1 aromatic heterocycles. The van der Waals surface area contributed by atoms with E-state index in [0.717, 1.165) is 12.0 Å². The third-order valence-corrected chi connectivity index (χ3v) is 7.14. The molecule has 0 atom stereocenters. The summed E-state index contributed by atoms with van der Waals surface area (Å²) in [7, 11) is 0. The number of aryl methyl sites for hydroxylation is 2. The first kappa shape index (κ1) is 26.4. The smallest absolute Gasteiger partial charge is 0.274 e. The van der Waals surface area contributed by atoms with Crippen molar-refractivity contribution in [2.75, 3.05) is 45.8 Å². The highest BCUT2D eigenvalue weighted by Gasteiger charge is 2.28. The van der Waals surface area contributed by atoms with Crippen molar-refractivity contribution in [3.05, 3.63) is 52.8 Å². The van der Waals surface area contributed by atoms with E-state index in [1.165, 1.54) is 12.5 Å². The molecule has 3 heterocycles. The Morgan fingerprint density at radius 3 is 2.30 bits per heavy atom. The van der Waals surface area contributed by atoms with E-state index in [-0.39, 0.29) is 42.3 Å². The second-order valence-electron chi connectivity index (χ2n) is 9.73. The van der Waals surface area contributed by atoms with Gasteiger partial charge in [-0.3, -0.25) is 23.9 Å². The number of amides is 4. The second-order valence-corrected chi connectivity index (χ2v) is 9.73. The van der Waals surface area contributed by atoms with Crippen LogP contribution in [0.5, 0.6) is 0 Å². The fraction of sp³-hybridized carbons (Fsp3) is 0.519. The lowest BCUT2D eigenvalue weighted by Crippen LogP contribution is -2.50. The van der Waals surface area contributed by atoms with Gasteiger partial charge in [0.15, 0.2) is 5.69 Å². The van der Waals surface area contributed by atoms with Crippen molar-refractivity contribution >= 4 is 23.6 Å². The van der Waals surface area contributed by atoms with Crippen molar-refractivity contribution in [1.82, 2.24) is 29.4 Å². The monoisotopic (exact) mass is 508 g/mol. The standard InChI is InChI=1S/C27H36N6O4/c1-4-29(13-10-25(35)31-16-14-30(15-17-31)21(3)34)26(36)23-18-24-27(37)32(11-5-12-33(24)28-23)19-22-8-6-20(2)7-9-22/h6-9,18H,4-5,10-17,19H2,1-3H3. The number of hydrogen-bond acceptors (Lipinski definition) is 5. The van der Waals surface area contributed by atoms with Crippen LogP contribution in [0, 0.1) is 6.92 Å². The van der Waals surface area contributed by atoms with E-state index in [1.54, 1.807) is 25.4 Å². The van der Waals surface area contributed by atoms with E-state index in [9.17, 15) is 19.2 Å². The van der Waals surface area contributed by atoms with Gasteiger partial charge in [-0.05, 0) is 25.8 Å². The fourth-order valence-corrected chi connectivity index (χ4v) is 4.83. The first-order chi connectivity index (χ1) is 17.8. The van der Waals surface area contributed by atoms with Crippen LogP contribution in [0.2, 0.25) is 0 Å². The SMILES string of the molecule is CCN(CCC(=O)N1CCN(C(C)=O)CC1)C(=O)c1cc2n(n1)CCCN(Cc1ccc(C)cc1)C2=O. The minimum Gasteiger partial charge on any atom is -0.339 e. The second kappa shape index (κ2) is 11.6. The molecule has 0 N–H and O–H groups in total. The van der Waals surface area contributed by atoms with Gasteiger partial charge < -0.3 is 19.6 Å². The molecule has 0 aliphatic carbocycles. The highest BCUT2D eigenvalue weighted by molar-refractivity contribution is 5.98. The van der Waals surface area contributed by atoms with Crippen LogP contribution >= 0.6 is 0 Å². The molecular weight excluding hydrogens is 472 g/mol. The predicted molar refractivity (Wildman–Crippen MR) is 138 cm³/mol.